The SMILES string of the molecule is Cc1cnc(-c2ncc(Br)c(=O)[nH]2)c(C)c1. The summed E-state index contributed by atoms with van der Waals surface area (Å²) in [5, 5.41) is 0. The Bertz CT molecular complexity index is 592. The van der Waals surface area contributed by atoms with E-state index >= 15 is 0 Å². The molecule has 0 radical (unpaired) electrons. The smallest absolute Gasteiger partial charge is 0.265 e. The maximum atomic E-state index is 11.4. The van der Waals surface area contributed by atoms with E-state index in [2.05, 4.69) is 30.9 Å². The van der Waals surface area contributed by atoms with Crippen LogP contribution in [-0.2, 0) is 0 Å². The van der Waals surface area contributed by atoms with Gasteiger partial charge in [0.2, 0.25) is 0 Å². The highest BCUT2D eigenvalue weighted by Gasteiger charge is 2.07. The number of halogens is 1. The summed E-state index contributed by atoms with van der Waals surface area (Å²) in [6.45, 7) is 3.92. The van der Waals surface area contributed by atoms with Gasteiger partial charge in [0, 0.05) is 12.4 Å². The van der Waals surface area contributed by atoms with Crippen molar-refractivity contribution in [3.05, 3.63) is 44.4 Å². The molecule has 0 unspecified atom stereocenters. The first kappa shape index (κ1) is 11.0. The first-order valence-electron chi connectivity index (χ1n) is 4.76. The summed E-state index contributed by atoms with van der Waals surface area (Å²) in [5.74, 6) is 0.491. The molecular weight excluding hydrogens is 270 g/mol. The van der Waals surface area contributed by atoms with Crippen LogP contribution in [0.5, 0.6) is 0 Å². The second-order valence-electron chi connectivity index (χ2n) is 3.59. The highest BCUT2D eigenvalue weighted by Crippen LogP contribution is 2.16. The summed E-state index contributed by atoms with van der Waals surface area (Å²) in [5.41, 5.74) is 2.58. The average Bonchev–Trinajstić information content (AvgIpc) is 2.22. The summed E-state index contributed by atoms with van der Waals surface area (Å²) >= 11 is 3.11. The molecule has 2 rings (SSSR count). The van der Waals surface area contributed by atoms with Crippen LogP contribution in [0.4, 0.5) is 0 Å². The van der Waals surface area contributed by atoms with E-state index in [-0.39, 0.29) is 5.56 Å². The van der Waals surface area contributed by atoms with Crippen molar-refractivity contribution in [2.45, 2.75) is 13.8 Å². The molecule has 0 bridgehead atoms. The number of rotatable bonds is 1. The number of nitrogens with one attached hydrogen (secondary N) is 1. The molecule has 2 heterocycles. The first-order valence-corrected chi connectivity index (χ1v) is 5.55. The maximum Gasteiger partial charge on any atom is 0.265 e. The summed E-state index contributed by atoms with van der Waals surface area (Å²) in [7, 11) is 0. The molecule has 0 amide bonds. The Labute approximate surface area is 101 Å². The monoisotopic (exact) mass is 279 g/mol. The summed E-state index contributed by atoms with van der Waals surface area (Å²) in [6, 6.07) is 2.00. The first-order chi connectivity index (χ1) is 7.58. The third-order valence-electron chi connectivity index (χ3n) is 2.20. The predicted octanol–water partition coefficient (Wildman–Crippen LogP) is 2.21. The van der Waals surface area contributed by atoms with Gasteiger partial charge in [0.1, 0.15) is 10.2 Å². The standard InChI is InChI=1S/C11H10BrN3O/c1-6-3-7(2)9(13-4-6)10-14-5-8(12)11(16)15-10/h3-5H,1-2H3,(H,14,15,16). The van der Waals surface area contributed by atoms with E-state index in [1.807, 2.05) is 19.9 Å². The van der Waals surface area contributed by atoms with Crippen molar-refractivity contribution in [3.8, 4) is 11.5 Å². The van der Waals surface area contributed by atoms with Crippen LogP contribution in [0.25, 0.3) is 11.5 Å². The molecule has 0 saturated carbocycles. The molecule has 4 nitrogen and oxygen atoms in total. The normalized spacial score (nSPS) is 10.4. The molecule has 2 aromatic rings. The van der Waals surface area contributed by atoms with E-state index in [0.717, 1.165) is 11.1 Å². The highest BCUT2D eigenvalue weighted by molar-refractivity contribution is 9.10. The van der Waals surface area contributed by atoms with Gasteiger partial charge < -0.3 is 4.98 Å². The number of nitrogens with zero attached hydrogens (tertiary/aromatic N) is 2. The molecular formula is C11H10BrN3O. The Morgan fingerprint density at radius 1 is 1.25 bits per heavy atom. The fraction of sp³-hybridized carbons (Fsp3) is 0.182. The minimum Gasteiger partial charge on any atom is -0.304 e. The Balaban J connectivity index is 2.59. The van der Waals surface area contributed by atoms with Gasteiger partial charge in [0.15, 0.2) is 5.82 Å². The van der Waals surface area contributed by atoms with Crippen molar-refractivity contribution < 1.29 is 0 Å². The van der Waals surface area contributed by atoms with Crippen LogP contribution >= 0.6 is 15.9 Å². The second kappa shape index (κ2) is 4.17. The fourth-order valence-corrected chi connectivity index (χ4v) is 1.66. The lowest BCUT2D eigenvalue weighted by atomic mass is 10.1. The third-order valence-corrected chi connectivity index (χ3v) is 2.76. The zero-order valence-electron chi connectivity index (χ0n) is 8.91. The minimum absolute atomic E-state index is 0.202. The Morgan fingerprint density at radius 3 is 2.62 bits per heavy atom. The zero-order chi connectivity index (χ0) is 11.7. The number of aromatic nitrogens is 3. The van der Waals surface area contributed by atoms with Crippen molar-refractivity contribution >= 4 is 15.9 Å². The maximum absolute atomic E-state index is 11.4. The summed E-state index contributed by atoms with van der Waals surface area (Å²) in [4.78, 5) is 22.5. The van der Waals surface area contributed by atoms with E-state index in [0.29, 0.717) is 16.0 Å². The topological polar surface area (TPSA) is 58.6 Å². The summed E-state index contributed by atoms with van der Waals surface area (Å²) in [6.07, 6.45) is 3.24. The van der Waals surface area contributed by atoms with Crippen molar-refractivity contribution in [1.82, 2.24) is 15.0 Å². The lowest BCUT2D eigenvalue weighted by molar-refractivity contribution is 1.07. The van der Waals surface area contributed by atoms with Crippen molar-refractivity contribution in [3.63, 3.8) is 0 Å². The molecule has 1 N–H and O–H groups in total. The van der Waals surface area contributed by atoms with Crippen LogP contribution in [0.3, 0.4) is 0 Å². The van der Waals surface area contributed by atoms with Crippen molar-refractivity contribution in [1.29, 1.82) is 0 Å². The van der Waals surface area contributed by atoms with E-state index in [1.54, 1.807) is 6.20 Å². The van der Waals surface area contributed by atoms with Gasteiger partial charge in [0.25, 0.3) is 5.56 Å². The Hall–Kier alpha value is -1.49. The molecule has 0 fully saturated rings. The summed E-state index contributed by atoms with van der Waals surface area (Å²) < 4.78 is 0.418. The number of hydrogen-bond donors (Lipinski definition) is 1. The van der Waals surface area contributed by atoms with Crippen LogP contribution < -0.4 is 5.56 Å². The number of aryl methyl sites for hydroxylation is 2. The van der Waals surface area contributed by atoms with Crippen molar-refractivity contribution in [2.75, 3.05) is 0 Å². The van der Waals surface area contributed by atoms with Gasteiger partial charge >= 0.3 is 0 Å². The zero-order valence-corrected chi connectivity index (χ0v) is 10.5. The lowest BCUT2D eigenvalue weighted by Gasteiger charge is -2.04. The lowest BCUT2D eigenvalue weighted by Crippen LogP contribution is -2.10. The molecule has 0 aromatic carbocycles. The Morgan fingerprint density at radius 2 is 2.00 bits per heavy atom. The number of H-pyrrole nitrogens is 1. The molecule has 82 valence electrons. The molecule has 2 aromatic heterocycles. The van der Waals surface area contributed by atoms with Gasteiger partial charge in [-0.25, -0.2) is 4.98 Å². The van der Waals surface area contributed by atoms with Crippen LogP contribution in [-0.4, -0.2) is 15.0 Å². The van der Waals surface area contributed by atoms with Crippen LogP contribution in [0.15, 0.2) is 27.7 Å². The van der Waals surface area contributed by atoms with Crippen LogP contribution in [0, 0.1) is 13.8 Å². The largest absolute Gasteiger partial charge is 0.304 e. The molecule has 0 aliphatic carbocycles. The molecule has 0 spiro atoms. The minimum atomic E-state index is -0.202. The van der Waals surface area contributed by atoms with E-state index in [4.69, 9.17) is 0 Å². The molecule has 0 atom stereocenters. The number of aromatic amines is 1. The van der Waals surface area contributed by atoms with Crippen LogP contribution in [0.1, 0.15) is 11.1 Å². The molecule has 0 aliphatic heterocycles. The molecule has 5 heteroatoms. The highest BCUT2D eigenvalue weighted by atomic mass is 79.9. The second-order valence-corrected chi connectivity index (χ2v) is 4.44. The number of hydrogen-bond acceptors (Lipinski definition) is 3. The molecule has 0 aliphatic rings. The average molecular weight is 280 g/mol. The van der Waals surface area contributed by atoms with Gasteiger partial charge in [-0.3, -0.25) is 9.78 Å². The number of pyridine rings is 1. The van der Waals surface area contributed by atoms with Gasteiger partial charge in [-0.15, -0.1) is 0 Å². The van der Waals surface area contributed by atoms with Gasteiger partial charge in [-0.2, -0.15) is 0 Å². The van der Waals surface area contributed by atoms with E-state index < -0.39 is 0 Å². The molecule has 0 saturated heterocycles. The van der Waals surface area contributed by atoms with Gasteiger partial charge in [0.05, 0.1) is 0 Å². The Kier molecular flexibility index (Phi) is 2.87. The predicted molar refractivity (Wildman–Crippen MR) is 65.3 cm³/mol. The van der Waals surface area contributed by atoms with E-state index in [1.165, 1.54) is 6.20 Å². The van der Waals surface area contributed by atoms with Gasteiger partial charge in [-0.1, -0.05) is 6.07 Å². The van der Waals surface area contributed by atoms with E-state index in [9.17, 15) is 4.79 Å². The fourth-order valence-electron chi connectivity index (χ4n) is 1.46. The third kappa shape index (κ3) is 2.04. The van der Waals surface area contributed by atoms with Crippen LogP contribution in [0.2, 0.25) is 0 Å². The van der Waals surface area contributed by atoms with Crippen molar-refractivity contribution in [2.24, 2.45) is 0 Å². The van der Waals surface area contributed by atoms with Gasteiger partial charge in [-0.05, 0) is 40.9 Å². The molecule has 16 heavy (non-hydrogen) atoms. The quantitative estimate of drug-likeness (QED) is 0.871.